The van der Waals surface area contributed by atoms with Crippen molar-refractivity contribution in [2.45, 2.75) is 25.2 Å². The van der Waals surface area contributed by atoms with Gasteiger partial charge in [-0.15, -0.1) is 0 Å². The van der Waals surface area contributed by atoms with Gasteiger partial charge in [-0.3, -0.25) is 19.4 Å². The van der Waals surface area contributed by atoms with E-state index in [9.17, 15) is 22.8 Å². The van der Waals surface area contributed by atoms with E-state index in [1.165, 1.54) is 23.2 Å². The van der Waals surface area contributed by atoms with Crippen LogP contribution in [0.4, 0.5) is 5.69 Å². The third kappa shape index (κ3) is 6.70. The number of carbonyl (C=O) groups is 3. The number of sulfonamides is 1. The van der Waals surface area contributed by atoms with Crippen molar-refractivity contribution in [2.75, 3.05) is 18.4 Å². The summed E-state index contributed by atoms with van der Waals surface area (Å²) >= 11 is 0. The van der Waals surface area contributed by atoms with Crippen molar-refractivity contribution in [3.8, 4) is 0 Å². The minimum Gasteiger partial charge on any atom is -0.343 e. The molecule has 1 atom stereocenters. The number of nitrogens with zero attached hydrogens (tertiary/aromatic N) is 2. The highest BCUT2D eigenvalue weighted by Crippen LogP contribution is 2.21. The van der Waals surface area contributed by atoms with Gasteiger partial charge in [-0.1, -0.05) is 48.5 Å². The van der Waals surface area contributed by atoms with Crippen molar-refractivity contribution in [3.05, 3.63) is 102 Å². The van der Waals surface area contributed by atoms with Crippen LogP contribution < -0.4 is 10.0 Å². The van der Waals surface area contributed by atoms with Gasteiger partial charge in [-0.25, -0.2) is 13.1 Å². The number of anilines is 1. The summed E-state index contributed by atoms with van der Waals surface area (Å²) in [4.78, 5) is 44.8. The zero-order valence-corrected chi connectivity index (χ0v) is 23.0. The molecule has 1 unspecified atom stereocenters. The van der Waals surface area contributed by atoms with E-state index in [0.717, 1.165) is 5.39 Å². The summed E-state index contributed by atoms with van der Waals surface area (Å²) in [5.74, 6) is -3.13. The van der Waals surface area contributed by atoms with Crippen LogP contribution in [-0.4, -0.2) is 49.1 Å². The van der Waals surface area contributed by atoms with Gasteiger partial charge in [0.15, 0.2) is 0 Å². The molecule has 0 saturated heterocycles. The van der Waals surface area contributed by atoms with E-state index in [4.69, 9.17) is 0 Å². The first-order valence-corrected chi connectivity index (χ1v) is 14.4. The van der Waals surface area contributed by atoms with Crippen LogP contribution in [0.3, 0.4) is 0 Å². The molecule has 0 aliphatic carbocycles. The second-order valence-electron chi connectivity index (χ2n) is 9.12. The third-order valence-corrected chi connectivity index (χ3v) is 7.82. The maximum atomic E-state index is 13.4. The van der Waals surface area contributed by atoms with Crippen LogP contribution in [0.2, 0.25) is 0 Å². The molecule has 206 valence electrons. The zero-order valence-electron chi connectivity index (χ0n) is 22.2. The highest BCUT2D eigenvalue weighted by molar-refractivity contribution is 7.90. The molecule has 0 spiro atoms. The number of amides is 3. The third-order valence-electron chi connectivity index (χ3n) is 6.48. The molecule has 0 saturated carbocycles. The van der Waals surface area contributed by atoms with Crippen LogP contribution in [0.15, 0.2) is 96.0 Å². The lowest BCUT2D eigenvalue weighted by atomic mass is 9.96. The fourth-order valence-corrected chi connectivity index (χ4v) is 5.40. The molecule has 0 fully saturated rings. The van der Waals surface area contributed by atoms with Crippen LogP contribution in [0.1, 0.15) is 29.9 Å². The second-order valence-corrected chi connectivity index (χ2v) is 10.8. The van der Waals surface area contributed by atoms with Crippen LogP contribution in [0.25, 0.3) is 10.8 Å². The Morgan fingerprint density at radius 3 is 2.27 bits per heavy atom. The summed E-state index contributed by atoms with van der Waals surface area (Å²) in [6.07, 6.45) is 1.45. The first-order chi connectivity index (χ1) is 19.2. The van der Waals surface area contributed by atoms with E-state index in [-0.39, 0.29) is 17.0 Å². The Morgan fingerprint density at radius 1 is 0.850 bits per heavy atom. The second kappa shape index (κ2) is 12.5. The van der Waals surface area contributed by atoms with Gasteiger partial charge in [0, 0.05) is 25.0 Å². The molecular formula is C30H30N4O5S. The fourth-order valence-electron chi connectivity index (χ4n) is 4.35. The van der Waals surface area contributed by atoms with Gasteiger partial charge in [0.25, 0.3) is 15.9 Å². The summed E-state index contributed by atoms with van der Waals surface area (Å²) in [5.41, 5.74) is 1.26. The number of carbonyl (C=O) groups excluding carboxylic acids is 3. The van der Waals surface area contributed by atoms with Gasteiger partial charge in [0.1, 0.15) is 11.6 Å². The molecular weight excluding hydrogens is 528 g/mol. The van der Waals surface area contributed by atoms with Gasteiger partial charge < -0.3 is 10.2 Å². The first kappa shape index (κ1) is 28.4. The number of nitrogens with one attached hydrogen (secondary N) is 2. The Morgan fingerprint density at radius 2 is 1.57 bits per heavy atom. The highest BCUT2D eigenvalue weighted by atomic mass is 32.2. The summed E-state index contributed by atoms with van der Waals surface area (Å²) in [6, 6.07) is 23.6. The number of hydrogen-bond donors (Lipinski definition) is 2. The number of fused-ring (bicyclic) bond motifs is 1. The maximum Gasteiger partial charge on any atom is 0.274 e. The Bertz CT molecular complexity index is 1640. The predicted molar refractivity (Wildman–Crippen MR) is 153 cm³/mol. The number of pyridine rings is 1. The molecule has 10 heteroatoms. The average molecular weight is 559 g/mol. The number of rotatable bonds is 10. The summed E-state index contributed by atoms with van der Waals surface area (Å²) in [6.45, 7) is 4.29. The maximum absolute atomic E-state index is 13.4. The molecule has 1 heterocycles. The average Bonchev–Trinajstić information content (AvgIpc) is 2.96. The van der Waals surface area contributed by atoms with Gasteiger partial charge in [0.2, 0.25) is 11.8 Å². The predicted octanol–water partition coefficient (Wildman–Crippen LogP) is 4.02. The van der Waals surface area contributed by atoms with E-state index in [2.05, 4.69) is 15.0 Å². The minimum absolute atomic E-state index is 0.0678. The summed E-state index contributed by atoms with van der Waals surface area (Å²) in [7, 11) is -4.25. The fraction of sp³-hybridized carbons (Fsp3) is 0.200. The van der Waals surface area contributed by atoms with Crippen LogP contribution in [0.5, 0.6) is 0 Å². The molecule has 9 nitrogen and oxygen atoms in total. The molecule has 0 aliphatic rings. The lowest BCUT2D eigenvalue weighted by Crippen LogP contribution is -2.46. The Kier molecular flexibility index (Phi) is 8.90. The molecule has 2 N–H and O–H groups in total. The van der Waals surface area contributed by atoms with Crippen molar-refractivity contribution in [1.29, 1.82) is 0 Å². The molecule has 4 aromatic rings. The Labute approximate surface area is 233 Å². The smallest absolute Gasteiger partial charge is 0.274 e. The first-order valence-electron chi connectivity index (χ1n) is 12.9. The molecule has 0 radical (unpaired) electrons. The molecule has 0 aliphatic heterocycles. The normalized spacial score (nSPS) is 11.9. The van der Waals surface area contributed by atoms with Crippen LogP contribution >= 0.6 is 0 Å². The van der Waals surface area contributed by atoms with Crippen LogP contribution in [-0.2, 0) is 26.0 Å². The van der Waals surface area contributed by atoms with Gasteiger partial charge in [-0.05, 0) is 73.0 Å². The Balaban J connectivity index is 1.58. The standard InChI is InChI=1S/C30H30N4O5S/c1-3-34(4-2)30(37)26(19-21-10-9-13-24(18-21)32-29(36)27-14-7-8-17-31-27)28(35)33-40(38,39)25-16-15-22-11-5-6-12-23(22)20-25/h5-18,20,26H,3-4,19H2,1-2H3,(H,32,36)(H,33,35). The molecule has 3 aromatic carbocycles. The number of aromatic nitrogens is 1. The van der Waals surface area contributed by atoms with E-state index in [0.29, 0.717) is 29.7 Å². The molecule has 0 bridgehead atoms. The minimum atomic E-state index is -4.25. The van der Waals surface area contributed by atoms with Crippen molar-refractivity contribution >= 4 is 44.2 Å². The van der Waals surface area contributed by atoms with Gasteiger partial charge >= 0.3 is 0 Å². The van der Waals surface area contributed by atoms with Gasteiger partial charge in [-0.2, -0.15) is 0 Å². The molecule has 1 aromatic heterocycles. The van der Waals surface area contributed by atoms with Crippen LogP contribution in [0, 0.1) is 5.92 Å². The van der Waals surface area contributed by atoms with Gasteiger partial charge in [0.05, 0.1) is 4.90 Å². The molecule has 4 rings (SSSR count). The van der Waals surface area contributed by atoms with E-state index in [1.54, 1.807) is 74.5 Å². The molecule has 3 amide bonds. The van der Waals surface area contributed by atoms with E-state index >= 15 is 0 Å². The largest absolute Gasteiger partial charge is 0.343 e. The number of benzene rings is 3. The lowest BCUT2D eigenvalue weighted by Gasteiger charge is -2.25. The van der Waals surface area contributed by atoms with Crippen molar-refractivity contribution < 1.29 is 22.8 Å². The lowest BCUT2D eigenvalue weighted by molar-refractivity contribution is -0.141. The quantitative estimate of drug-likeness (QED) is 0.283. The topological polar surface area (TPSA) is 126 Å². The number of hydrogen-bond acceptors (Lipinski definition) is 6. The zero-order chi connectivity index (χ0) is 28.7. The van der Waals surface area contributed by atoms with E-state index < -0.39 is 33.7 Å². The molecule has 40 heavy (non-hydrogen) atoms. The van der Waals surface area contributed by atoms with Crippen molar-refractivity contribution in [3.63, 3.8) is 0 Å². The Hall–Kier alpha value is -4.57. The highest BCUT2D eigenvalue weighted by Gasteiger charge is 2.33. The van der Waals surface area contributed by atoms with Crippen molar-refractivity contribution in [1.82, 2.24) is 14.6 Å². The summed E-state index contributed by atoms with van der Waals surface area (Å²) in [5, 5.41) is 4.32. The summed E-state index contributed by atoms with van der Waals surface area (Å²) < 4.78 is 28.5. The SMILES string of the molecule is CCN(CC)C(=O)C(Cc1cccc(NC(=O)c2ccccn2)c1)C(=O)NS(=O)(=O)c1ccc2ccccc2c1. The monoisotopic (exact) mass is 558 g/mol. The van der Waals surface area contributed by atoms with E-state index in [1.807, 2.05) is 12.1 Å². The van der Waals surface area contributed by atoms with Crippen molar-refractivity contribution in [2.24, 2.45) is 5.92 Å².